The van der Waals surface area contributed by atoms with Crippen LogP contribution in [0, 0.1) is 0 Å². The van der Waals surface area contributed by atoms with E-state index < -0.39 is 47.9 Å². The Balaban J connectivity index is 1.88. The van der Waals surface area contributed by atoms with Crippen molar-refractivity contribution in [2.45, 2.75) is 50.4 Å². The molecule has 12 heteroatoms. The first-order valence-electron chi connectivity index (χ1n) is 9.22. The van der Waals surface area contributed by atoms with Crippen molar-refractivity contribution < 1.29 is 29.4 Å². The van der Waals surface area contributed by atoms with E-state index in [1.165, 1.54) is 18.2 Å². The fraction of sp³-hybridized carbons (Fsp3) is 0.588. The Morgan fingerprint density at radius 3 is 2.72 bits per heavy atom. The molecule has 0 radical (unpaired) electrons. The molecule has 2 heterocycles. The minimum atomic E-state index is -1.47. The Labute approximate surface area is 166 Å². The van der Waals surface area contributed by atoms with Crippen LogP contribution in [0.2, 0.25) is 0 Å². The Morgan fingerprint density at radius 1 is 1.41 bits per heavy atom. The first kappa shape index (κ1) is 22.3. The zero-order chi connectivity index (χ0) is 21.6. The minimum Gasteiger partial charge on any atom is -0.480 e. The number of nitrogens with one attached hydrogen (secondary N) is 3. The molecule has 4 unspecified atom stereocenters. The van der Waals surface area contributed by atoms with Crippen LogP contribution < -0.4 is 16.4 Å². The van der Waals surface area contributed by atoms with Gasteiger partial charge in [0.1, 0.15) is 6.04 Å². The number of carbonyl (C=O) groups is 4. The number of amides is 3. The van der Waals surface area contributed by atoms with E-state index in [1.54, 1.807) is 6.20 Å². The molecule has 7 N–H and O–H groups in total. The van der Waals surface area contributed by atoms with E-state index in [-0.39, 0.29) is 13.0 Å². The van der Waals surface area contributed by atoms with Gasteiger partial charge in [-0.2, -0.15) is 0 Å². The summed E-state index contributed by atoms with van der Waals surface area (Å²) >= 11 is 0. The number of aliphatic carboxylic acids is 1. The molecule has 160 valence electrons. The third kappa shape index (κ3) is 5.99. The van der Waals surface area contributed by atoms with Crippen LogP contribution in [0.4, 0.5) is 0 Å². The molecular formula is C17H26N6O6. The Hall–Kier alpha value is -2.99. The molecule has 1 aromatic rings. The summed E-state index contributed by atoms with van der Waals surface area (Å²) in [6.45, 7) is 1.22. The molecule has 0 aromatic carbocycles. The summed E-state index contributed by atoms with van der Waals surface area (Å²) in [5, 5.41) is 23.3. The summed E-state index contributed by atoms with van der Waals surface area (Å²) < 4.78 is 0. The van der Waals surface area contributed by atoms with Crippen molar-refractivity contribution in [3.8, 4) is 0 Å². The van der Waals surface area contributed by atoms with E-state index in [0.717, 1.165) is 0 Å². The maximum Gasteiger partial charge on any atom is 0.328 e. The van der Waals surface area contributed by atoms with E-state index in [0.29, 0.717) is 25.1 Å². The minimum absolute atomic E-state index is 0.227. The number of aromatic amines is 1. The molecule has 0 spiro atoms. The van der Waals surface area contributed by atoms with Crippen LogP contribution in [0.3, 0.4) is 0 Å². The van der Waals surface area contributed by atoms with E-state index in [9.17, 15) is 24.3 Å². The smallest absolute Gasteiger partial charge is 0.328 e. The number of hydrogen-bond donors (Lipinski definition) is 6. The molecule has 12 nitrogen and oxygen atoms in total. The fourth-order valence-electron chi connectivity index (χ4n) is 3.10. The molecule has 0 saturated carbocycles. The van der Waals surface area contributed by atoms with Crippen molar-refractivity contribution in [2.24, 2.45) is 5.73 Å². The predicted molar refractivity (Wildman–Crippen MR) is 99.3 cm³/mol. The first-order chi connectivity index (χ1) is 13.7. The van der Waals surface area contributed by atoms with E-state index in [2.05, 4.69) is 20.6 Å². The highest BCUT2D eigenvalue weighted by atomic mass is 16.4. The van der Waals surface area contributed by atoms with Gasteiger partial charge >= 0.3 is 5.97 Å². The van der Waals surface area contributed by atoms with Gasteiger partial charge in [0.15, 0.2) is 6.04 Å². The number of nitrogens with two attached hydrogens (primary N) is 1. The summed E-state index contributed by atoms with van der Waals surface area (Å²) in [6.07, 6.45) is 2.86. The SMILES string of the molecule is CC(O)C(NC(=O)C1CCCN1C(=O)CNC(=O)C(N)Cc1cnc[nH]1)C(=O)O. The van der Waals surface area contributed by atoms with Crippen LogP contribution in [-0.4, -0.2) is 86.1 Å². The third-order valence-corrected chi connectivity index (χ3v) is 4.67. The summed E-state index contributed by atoms with van der Waals surface area (Å²) in [5.41, 5.74) is 6.49. The van der Waals surface area contributed by atoms with Gasteiger partial charge in [0.05, 0.1) is 25.0 Å². The highest BCUT2D eigenvalue weighted by Gasteiger charge is 2.36. The summed E-state index contributed by atoms with van der Waals surface area (Å²) in [4.78, 5) is 56.1. The Kier molecular flexibility index (Phi) is 7.67. The molecular weight excluding hydrogens is 384 g/mol. The summed E-state index contributed by atoms with van der Waals surface area (Å²) in [7, 11) is 0. The highest BCUT2D eigenvalue weighted by molar-refractivity contribution is 5.93. The second-order valence-corrected chi connectivity index (χ2v) is 6.92. The molecule has 1 fully saturated rings. The van der Waals surface area contributed by atoms with Gasteiger partial charge in [-0.25, -0.2) is 9.78 Å². The van der Waals surface area contributed by atoms with Gasteiger partial charge in [-0.3, -0.25) is 14.4 Å². The molecule has 1 saturated heterocycles. The number of aromatic nitrogens is 2. The van der Waals surface area contributed by atoms with Gasteiger partial charge < -0.3 is 36.5 Å². The van der Waals surface area contributed by atoms with E-state index in [4.69, 9.17) is 10.8 Å². The van der Waals surface area contributed by atoms with Gasteiger partial charge in [-0.15, -0.1) is 0 Å². The zero-order valence-corrected chi connectivity index (χ0v) is 16.0. The van der Waals surface area contributed by atoms with Gasteiger partial charge in [0.25, 0.3) is 0 Å². The van der Waals surface area contributed by atoms with Crippen molar-refractivity contribution in [3.05, 3.63) is 18.2 Å². The number of carbonyl (C=O) groups excluding carboxylic acids is 3. The number of aliphatic hydroxyl groups excluding tert-OH is 1. The number of imidazole rings is 1. The number of aliphatic hydroxyl groups is 1. The Morgan fingerprint density at radius 2 is 2.14 bits per heavy atom. The van der Waals surface area contributed by atoms with Crippen LogP contribution in [0.1, 0.15) is 25.5 Å². The number of likely N-dealkylation sites (tertiary alicyclic amines) is 1. The van der Waals surface area contributed by atoms with Crippen molar-refractivity contribution in [2.75, 3.05) is 13.1 Å². The molecule has 0 bridgehead atoms. The lowest BCUT2D eigenvalue weighted by Crippen LogP contribution is -2.55. The van der Waals surface area contributed by atoms with Crippen molar-refractivity contribution >= 4 is 23.7 Å². The van der Waals surface area contributed by atoms with Crippen LogP contribution in [0.15, 0.2) is 12.5 Å². The van der Waals surface area contributed by atoms with Gasteiger partial charge in [0.2, 0.25) is 17.7 Å². The quantitative estimate of drug-likeness (QED) is 0.254. The summed E-state index contributed by atoms with van der Waals surface area (Å²) in [6, 6.07) is -3.21. The highest BCUT2D eigenvalue weighted by Crippen LogP contribution is 2.17. The van der Waals surface area contributed by atoms with Crippen LogP contribution in [-0.2, 0) is 25.6 Å². The molecule has 2 rings (SSSR count). The standard InChI is InChI=1S/C17H26N6O6/c1-9(24)14(17(28)29)22-16(27)12-3-2-4-23(12)13(25)7-20-15(26)11(18)5-10-6-19-8-21-10/h6,8-9,11-12,14,24H,2-5,7,18H2,1H3,(H,19,21)(H,20,26)(H,22,27)(H,28,29). The molecule has 0 aliphatic carbocycles. The molecule has 1 aliphatic heterocycles. The van der Waals surface area contributed by atoms with Crippen LogP contribution in [0.5, 0.6) is 0 Å². The third-order valence-electron chi connectivity index (χ3n) is 4.67. The summed E-state index contributed by atoms with van der Waals surface area (Å²) in [5.74, 6) is -3.03. The number of rotatable bonds is 9. The normalized spacial score (nSPS) is 19.3. The predicted octanol–water partition coefficient (Wildman–Crippen LogP) is -2.66. The molecule has 4 atom stereocenters. The van der Waals surface area contributed by atoms with Gasteiger partial charge in [0, 0.05) is 24.9 Å². The second kappa shape index (κ2) is 9.98. The van der Waals surface area contributed by atoms with Gasteiger partial charge in [-0.1, -0.05) is 0 Å². The number of carboxylic acids is 1. The number of carboxylic acid groups (broad SMARTS) is 1. The van der Waals surface area contributed by atoms with E-state index >= 15 is 0 Å². The topological polar surface area (TPSA) is 191 Å². The largest absolute Gasteiger partial charge is 0.480 e. The van der Waals surface area contributed by atoms with Crippen molar-refractivity contribution in [1.29, 1.82) is 0 Å². The van der Waals surface area contributed by atoms with Crippen molar-refractivity contribution in [1.82, 2.24) is 25.5 Å². The van der Waals surface area contributed by atoms with Crippen LogP contribution in [0.25, 0.3) is 0 Å². The van der Waals surface area contributed by atoms with E-state index in [1.807, 2.05) is 0 Å². The molecule has 29 heavy (non-hydrogen) atoms. The van der Waals surface area contributed by atoms with Crippen LogP contribution >= 0.6 is 0 Å². The average molecular weight is 410 g/mol. The second-order valence-electron chi connectivity index (χ2n) is 6.92. The monoisotopic (exact) mass is 410 g/mol. The maximum absolute atomic E-state index is 12.5. The molecule has 1 aliphatic rings. The lowest BCUT2D eigenvalue weighted by molar-refractivity contribution is -0.146. The van der Waals surface area contributed by atoms with Crippen molar-refractivity contribution in [3.63, 3.8) is 0 Å². The zero-order valence-electron chi connectivity index (χ0n) is 16.0. The lowest BCUT2D eigenvalue weighted by atomic mass is 10.1. The number of hydrogen-bond acceptors (Lipinski definition) is 7. The fourth-order valence-corrected chi connectivity index (χ4v) is 3.10. The number of nitrogens with zero attached hydrogens (tertiary/aromatic N) is 2. The average Bonchev–Trinajstić information content (AvgIpc) is 3.34. The lowest BCUT2D eigenvalue weighted by Gasteiger charge is -2.26. The Bertz CT molecular complexity index is 737. The molecule has 1 aromatic heterocycles. The maximum atomic E-state index is 12.5. The first-order valence-corrected chi connectivity index (χ1v) is 9.22. The molecule has 3 amide bonds. The van der Waals surface area contributed by atoms with Gasteiger partial charge in [-0.05, 0) is 19.8 Å². The number of H-pyrrole nitrogens is 1.